The Morgan fingerprint density at radius 1 is 0.902 bits per heavy atom. The highest BCUT2D eigenvalue weighted by Gasteiger charge is 2.45. The molecule has 0 fully saturated rings. The third kappa shape index (κ3) is 5.89. The van der Waals surface area contributed by atoms with Crippen LogP contribution in [-0.2, 0) is 20.9 Å². The van der Waals surface area contributed by atoms with Gasteiger partial charge in [-0.3, -0.25) is 14.6 Å². The van der Waals surface area contributed by atoms with E-state index in [9.17, 15) is 9.59 Å². The van der Waals surface area contributed by atoms with E-state index in [2.05, 4.69) is 0 Å². The van der Waals surface area contributed by atoms with Crippen LogP contribution in [-0.4, -0.2) is 38.3 Å². The lowest BCUT2D eigenvalue weighted by Crippen LogP contribution is -2.38. The number of carbonyl (C=O) groups is 2. The molecule has 0 radical (unpaired) electrons. The monoisotopic (exact) mass is 553 g/mol. The fourth-order valence-corrected chi connectivity index (χ4v) is 5.80. The fraction of sp³-hybridized carbons (Fsp3) is 0.324. The Morgan fingerprint density at radius 2 is 1.63 bits per heavy atom. The van der Waals surface area contributed by atoms with Gasteiger partial charge in [-0.2, -0.15) is 0 Å². The minimum atomic E-state index is -0.712. The first-order valence-electron chi connectivity index (χ1n) is 13.9. The number of hydrogen-bond acceptors (Lipinski definition) is 7. The average Bonchev–Trinajstić information content (AvgIpc) is 2.99. The summed E-state index contributed by atoms with van der Waals surface area (Å²) in [5.74, 6) is 0.223. The minimum absolute atomic E-state index is 0.00759. The van der Waals surface area contributed by atoms with Gasteiger partial charge in [0, 0.05) is 29.3 Å². The highest BCUT2D eigenvalue weighted by molar-refractivity contribution is 6.09. The molecule has 3 aromatic rings. The number of rotatable bonds is 9. The van der Waals surface area contributed by atoms with Crippen molar-refractivity contribution in [3.05, 3.63) is 101 Å². The quantitative estimate of drug-likeness (QED) is 0.284. The van der Waals surface area contributed by atoms with Gasteiger partial charge in [-0.15, -0.1) is 0 Å². The van der Waals surface area contributed by atoms with E-state index < -0.39 is 17.8 Å². The lowest BCUT2D eigenvalue weighted by Gasteiger charge is -2.36. The maximum Gasteiger partial charge on any atom is 0.315 e. The van der Waals surface area contributed by atoms with Gasteiger partial charge in [-0.05, 0) is 67.1 Å². The summed E-state index contributed by atoms with van der Waals surface area (Å²) in [6, 6.07) is 23.3. The van der Waals surface area contributed by atoms with Crippen LogP contribution in [0.3, 0.4) is 0 Å². The summed E-state index contributed by atoms with van der Waals surface area (Å²) >= 11 is 0. The van der Waals surface area contributed by atoms with Crippen molar-refractivity contribution in [2.75, 3.05) is 20.8 Å². The van der Waals surface area contributed by atoms with Crippen LogP contribution in [0.15, 0.2) is 89.1 Å². The van der Waals surface area contributed by atoms with E-state index in [1.165, 1.54) is 0 Å². The topological polar surface area (TPSA) is 83.4 Å². The van der Waals surface area contributed by atoms with E-state index in [1.54, 1.807) is 21.1 Å². The van der Waals surface area contributed by atoms with Crippen LogP contribution < -0.4 is 14.2 Å². The molecule has 0 amide bonds. The zero-order valence-electron chi connectivity index (χ0n) is 23.9. The first-order valence-corrected chi connectivity index (χ1v) is 13.9. The molecule has 7 nitrogen and oxygen atoms in total. The summed E-state index contributed by atoms with van der Waals surface area (Å²) in [4.78, 5) is 32.0. The standard InChI is InChI=1S/C34H35NO6/c1-5-40-34(37)31-21(2)35-27-17-25(23-11-14-26(38-3)15-12-23)18-28(36)33(27)32(31)24-13-16-29(30(19-24)39-4)41-20-22-9-7-6-8-10-22/h6-16,19,25,31-32H,5,17-18,20H2,1-4H3. The van der Waals surface area contributed by atoms with Crippen LogP contribution in [0, 0.1) is 5.92 Å². The largest absolute Gasteiger partial charge is 0.497 e. The summed E-state index contributed by atoms with van der Waals surface area (Å²) in [7, 11) is 3.22. The number of ether oxygens (including phenoxy) is 4. The molecule has 3 aromatic carbocycles. The van der Waals surface area contributed by atoms with E-state index >= 15 is 0 Å². The number of aliphatic imine (C=N–C) groups is 1. The molecule has 1 heterocycles. The summed E-state index contributed by atoms with van der Waals surface area (Å²) in [6.07, 6.45) is 0.938. The second-order valence-electron chi connectivity index (χ2n) is 10.3. The van der Waals surface area contributed by atoms with Crippen molar-refractivity contribution in [1.29, 1.82) is 0 Å². The first kappa shape index (κ1) is 28.1. The number of ketones is 1. The molecular formula is C34H35NO6. The van der Waals surface area contributed by atoms with Gasteiger partial charge in [0.15, 0.2) is 17.3 Å². The predicted octanol–water partition coefficient (Wildman–Crippen LogP) is 6.42. The maximum atomic E-state index is 13.9. The summed E-state index contributed by atoms with van der Waals surface area (Å²) < 4.78 is 22.6. The van der Waals surface area contributed by atoms with Gasteiger partial charge in [-0.1, -0.05) is 48.5 Å². The number of hydrogen-bond donors (Lipinski definition) is 0. The van der Waals surface area contributed by atoms with E-state index in [-0.39, 0.29) is 18.3 Å². The molecule has 0 saturated carbocycles. The van der Waals surface area contributed by atoms with Crippen molar-refractivity contribution in [3.8, 4) is 17.2 Å². The molecule has 1 aliphatic heterocycles. The second-order valence-corrected chi connectivity index (χ2v) is 10.3. The van der Waals surface area contributed by atoms with Crippen molar-refractivity contribution < 1.29 is 28.5 Å². The Kier molecular flexibility index (Phi) is 8.53. The Balaban J connectivity index is 1.51. The van der Waals surface area contributed by atoms with Crippen molar-refractivity contribution in [2.45, 2.75) is 45.1 Å². The Labute approximate surface area is 240 Å². The van der Waals surface area contributed by atoms with Crippen molar-refractivity contribution in [1.82, 2.24) is 0 Å². The summed E-state index contributed by atoms with van der Waals surface area (Å²) in [6.45, 7) is 4.25. The number of methoxy groups -OCH3 is 2. The molecule has 7 heteroatoms. The van der Waals surface area contributed by atoms with Crippen molar-refractivity contribution >= 4 is 17.5 Å². The molecule has 2 aliphatic rings. The van der Waals surface area contributed by atoms with Gasteiger partial charge in [0.2, 0.25) is 0 Å². The van der Waals surface area contributed by atoms with Gasteiger partial charge in [0.1, 0.15) is 18.3 Å². The fourth-order valence-electron chi connectivity index (χ4n) is 5.80. The number of Topliss-reactive ketones (excluding diaryl/α,β-unsaturated/α-hetero) is 1. The maximum absolute atomic E-state index is 13.9. The normalized spacial score (nSPS) is 20.1. The third-order valence-corrected chi connectivity index (χ3v) is 7.80. The van der Waals surface area contributed by atoms with Crippen LogP contribution in [0.4, 0.5) is 0 Å². The molecule has 0 saturated heterocycles. The SMILES string of the molecule is CCOC(=O)C1C(C)=NC2=C(C(=O)CC(c3ccc(OC)cc3)C2)C1c1ccc(OCc2ccccc2)c(OC)c1. The highest BCUT2D eigenvalue weighted by atomic mass is 16.5. The van der Waals surface area contributed by atoms with Crippen LogP contribution in [0.25, 0.3) is 0 Å². The molecule has 5 rings (SSSR count). The van der Waals surface area contributed by atoms with E-state index in [0.29, 0.717) is 42.2 Å². The van der Waals surface area contributed by atoms with Gasteiger partial charge < -0.3 is 18.9 Å². The average molecular weight is 554 g/mol. The summed E-state index contributed by atoms with van der Waals surface area (Å²) in [5.41, 5.74) is 4.83. The number of allylic oxidation sites excluding steroid dienone is 2. The number of esters is 1. The molecule has 3 atom stereocenters. The van der Waals surface area contributed by atoms with Crippen LogP contribution in [0.2, 0.25) is 0 Å². The molecule has 0 spiro atoms. The zero-order valence-corrected chi connectivity index (χ0v) is 23.9. The smallest absolute Gasteiger partial charge is 0.315 e. The molecule has 41 heavy (non-hydrogen) atoms. The van der Waals surface area contributed by atoms with E-state index in [1.807, 2.05) is 79.7 Å². The van der Waals surface area contributed by atoms with E-state index in [4.69, 9.17) is 23.9 Å². The first-order chi connectivity index (χ1) is 19.9. The van der Waals surface area contributed by atoms with Crippen LogP contribution >= 0.6 is 0 Å². The highest BCUT2D eigenvalue weighted by Crippen LogP contribution is 2.48. The molecule has 0 bridgehead atoms. The lowest BCUT2D eigenvalue weighted by atomic mass is 9.69. The number of carbonyl (C=O) groups excluding carboxylic acids is 2. The lowest BCUT2D eigenvalue weighted by molar-refractivity contribution is -0.146. The Hall–Kier alpha value is -4.39. The predicted molar refractivity (Wildman–Crippen MR) is 157 cm³/mol. The van der Waals surface area contributed by atoms with Gasteiger partial charge in [0.25, 0.3) is 0 Å². The zero-order chi connectivity index (χ0) is 28.9. The van der Waals surface area contributed by atoms with E-state index in [0.717, 1.165) is 28.1 Å². The number of benzene rings is 3. The number of nitrogens with zero attached hydrogens (tertiary/aromatic N) is 1. The van der Waals surface area contributed by atoms with Gasteiger partial charge >= 0.3 is 5.97 Å². The minimum Gasteiger partial charge on any atom is -0.497 e. The molecule has 0 N–H and O–H groups in total. The Bertz CT molecular complexity index is 1470. The molecule has 3 unspecified atom stereocenters. The van der Waals surface area contributed by atoms with Crippen LogP contribution in [0.1, 0.15) is 55.2 Å². The molecule has 212 valence electrons. The van der Waals surface area contributed by atoms with Gasteiger partial charge in [-0.25, -0.2) is 0 Å². The molecule has 0 aromatic heterocycles. The van der Waals surface area contributed by atoms with Crippen molar-refractivity contribution in [2.24, 2.45) is 10.9 Å². The summed E-state index contributed by atoms with van der Waals surface area (Å²) in [5, 5.41) is 0. The van der Waals surface area contributed by atoms with Crippen molar-refractivity contribution in [3.63, 3.8) is 0 Å². The Morgan fingerprint density at radius 3 is 2.32 bits per heavy atom. The third-order valence-electron chi connectivity index (χ3n) is 7.80. The van der Waals surface area contributed by atoms with Crippen LogP contribution in [0.5, 0.6) is 17.2 Å². The van der Waals surface area contributed by atoms with Gasteiger partial charge in [0.05, 0.1) is 20.8 Å². The second kappa shape index (κ2) is 12.4. The molecule has 1 aliphatic carbocycles. The molecular weight excluding hydrogens is 518 g/mol.